The molecule has 0 aromatic rings. The predicted molar refractivity (Wildman–Crippen MR) is 70.2 cm³/mol. The van der Waals surface area contributed by atoms with Gasteiger partial charge in [-0.25, -0.2) is 0 Å². The number of carboxylic acids is 1. The molecule has 0 bridgehead atoms. The van der Waals surface area contributed by atoms with Gasteiger partial charge in [0.2, 0.25) is 5.91 Å². The molecule has 0 aliphatic heterocycles. The second-order valence-corrected chi connectivity index (χ2v) is 5.40. The summed E-state index contributed by atoms with van der Waals surface area (Å²) in [6.45, 7) is 2.00. The average Bonchev–Trinajstić information content (AvgIpc) is 2.36. The SMILES string of the molecule is CC(/C=N/O)C(=O)NCC1(CC(=O)O)CCCCC1. The fourth-order valence-electron chi connectivity index (χ4n) is 2.64. The van der Waals surface area contributed by atoms with E-state index in [0.717, 1.165) is 38.3 Å². The van der Waals surface area contributed by atoms with E-state index in [1.807, 2.05) is 0 Å². The minimum absolute atomic E-state index is 0.0930. The Kier molecular flexibility index (Phi) is 5.79. The van der Waals surface area contributed by atoms with E-state index < -0.39 is 11.9 Å². The fourth-order valence-corrected chi connectivity index (χ4v) is 2.64. The summed E-state index contributed by atoms with van der Waals surface area (Å²) in [5.74, 6) is -1.58. The van der Waals surface area contributed by atoms with Crippen LogP contribution in [0.15, 0.2) is 5.16 Å². The Hall–Kier alpha value is -1.59. The Labute approximate surface area is 112 Å². The molecule has 1 atom stereocenters. The lowest BCUT2D eigenvalue weighted by Gasteiger charge is -2.36. The van der Waals surface area contributed by atoms with Crippen molar-refractivity contribution in [3.05, 3.63) is 0 Å². The van der Waals surface area contributed by atoms with Gasteiger partial charge in [0.25, 0.3) is 0 Å². The van der Waals surface area contributed by atoms with E-state index in [1.54, 1.807) is 6.92 Å². The highest BCUT2D eigenvalue weighted by molar-refractivity contribution is 5.92. The molecule has 0 aromatic carbocycles. The van der Waals surface area contributed by atoms with E-state index in [-0.39, 0.29) is 17.7 Å². The third-order valence-corrected chi connectivity index (χ3v) is 3.78. The Morgan fingerprint density at radius 1 is 1.37 bits per heavy atom. The number of amides is 1. The van der Waals surface area contributed by atoms with Crippen LogP contribution in [0.25, 0.3) is 0 Å². The molecular formula is C13H22N2O4. The Morgan fingerprint density at radius 2 is 2.00 bits per heavy atom. The van der Waals surface area contributed by atoms with Gasteiger partial charge in [-0.15, -0.1) is 5.16 Å². The summed E-state index contributed by atoms with van der Waals surface area (Å²) >= 11 is 0. The molecule has 1 amide bonds. The van der Waals surface area contributed by atoms with Crippen LogP contribution in [0.5, 0.6) is 0 Å². The molecule has 108 valence electrons. The number of carbonyl (C=O) groups excluding carboxylic acids is 1. The minimum atomic E-state index is -0.818. The van der Waals surface area contributed by atoms with Gasteiger partial charge < -0.3 is 15.6 Å². The number of carboxylic acid groups (broad SMARTS) is 1. The average molecular weight is 270 g/mol. The van der Waals surface area contributed by atoms with Gasteiger partial charge in [0.1, 0.15) is 0 Å². The van der Waals surface area contributed by atoms with Gasteiger partial charge in [0.05, 0.1) is 18.6 Å². The molecule has 0 aromatic heterocycles. The lowest BCUT2D eigenvalue weighted by molar-refractivity contribution is -0.140. The summed E-state index contributed by atoms with van der Waals surface area (Å²) in [5.41, 5.74) is -0.324. The molecule has 19 heavy (non-hydrogen) atoms. The van der Waals surface area contributed by atoms with Crippen molar-refractivity contribution in [2.45, 2.75) is 45.4 Å². The van der Waals surface area contributed by atoms with Crippen molar-refractivity contribution in [2.75, 3.05) is 6.54 Å². The van der Waals surface area contributed by atoms with Crippen molar-refractivity contribution in [1.82, 2.24) is 5.32 Å². The minimum Gasteiger partial charge on any atom is -0.481 e. The van der Waals surface area contributed by atoms with Crippen LogP contribution in [-0.4, -0.2) is 34.9 Å². The van der Waals surface area contributed by atoms with Gasteiger partial charge in [0, 0.05) is 6.54 Å². The molecule has 6 nitrogen and oxygen atoms in total. The smallest absolute Gasteiger partial charge is 0.303 e. The molecule has 1 aliphatic rings. The zero-order valence-corrected chi connectivity index (χ0v) is 11.3. The molecule has 0 saturated heterocycles. The number of hydrogen-bond donors (Lipinski definition) is 3. The first-order valence-corrected chi connectivity index (χ1v) is 6.66. The summed E-state index contributed by atoms with van der Waals surface area (Å²) < 4.78 is 0. The van der Waals surface area contributed by atoms with Crippen LogP contribution in [-0.2, 0) is 9.59 Å². The molecule has 0 radical (unpaired) electrons. The summed E-state index contributed by atoms with van der Waals surface area (Å²) in [6.07, 6.45) is 6.07. The van der Waals surface area contributed by atoms with Crippen LogP contribution in [0.3, 0.4) is 0 Å². The van der Waals surface area contributed by atoms with Gasteiger partial charge in [0.15, 0.2) is 0 Å². The third-order valence-electron chi connectivity index (χ3n) is 3.78. The van der Waals surface area contributed by atoms with Crippen LogP contribution >= 0.6 is 0 Å². The number of hydrogen-bond acceptors (Lipinski definition) is 4. The Balaban J connectivity index is 2.58. The van der Waals surface area contributed by atoms with Crippen molar-refractivity contribution in [1.29, 1.82) is 0 Å². The monoisotopic (exact) mass is 270 g/mol. The van der Waals surface area contributed by atoms with Crippen LogP contribution in [0, 0.1) is 11.3 Å². The number of rotatable bonds is 6. The largest absolute Gasteiger partial charge is 0.481 e. The lowest BCUT2D eigenvalue weighted by Crippen LogP contribution is -2.42. The maximum atomic E-state index is 11.7. The predicted octanol–water partition coefficient (Wildman–Crippen LogP) is 1.62. The molecule has 1 rings (SSSR count). The molecule has 3 N–H and O–H groups in total. The summed E-state index contributed by atoms with van der Waals surface area (Å²) in [6, 6.07) is 0. The van der Waals surface area contributed by atoms with Crippen molar-refractivity contribution in [3.8, 4) is 0 Å². The van der Waals surface area contributed by atoms with Gasteiger partial charge >= 0.3 is 5.97 Å². The summed E-state index contributed by atoms with van der Waals surface area (Å²) in [4.78, 5) is 22.7. The summed E-state index contributed by atoms with van der Waals surface area (Å²) in [5, 5.41) is 23.0. The van der Waals surface area contributed by atoms with Crippen molar-refractivity contribution >= 4 is 18.1 Å². The van der Waals surface area contributed by atoms with E-state index in [0.29, 0.717) is 6.54 Å². The van der Waals surface area contributed by atoms with Gasteiger partial charge in [-0.1, -0.05) is 19.3 Å². The molecule has 1 aliphatic carbocycles. The topological polar surface area (TPSA) is 99.0 Å². The normalized spacial score (nSPS) is 20.1. The maximum absolute atomic E-state index is 11.7. The Bertz CT molecular complexity index is 349. The summed E-state index contributed by atoms with van der Waals surface area (Å²) in [7, 11) is 0. The van der Waals surface area contributed by atoms with E-state index in [4.69, 9.17) is 10.3 Å². The second-order valence-electron chi connectivity index (χ2n) is 5.40. The van der Waals surface area contributed by atoms with Crippen LogP contribution in [0.2, 0.25) is 0 Å². The molecule has 0 spiro atoms. The van der Waals surface area contributed by atoms with Crippen molar-refractivity contribution in [3.63, 3.8) is 0 Å². The van der Waals surface area contributed by atoms with E-state index in [9.17, 15) is 9.59 Å². The number of nitrogens with zero attached hydrogens (tertiary/aromatic N) is 1. The van der Waals surface area contributed by atoms with E-state index in [1.165, 1.54) is 0 Å². The molecule has 1 saturated carbocycles. The first kappa shape index (κ1) is 15.5. The third kappa shape index (κ3) is 4.89. The number of nitrogens with one attached hydrogen (secondary N) is 1. The van der Waals surface area contributed by atoms with Gasteiger partial charge in [-0.05, 0) is 25.2 Å². The molecule has 0 heterocycles. The van der Waals surface area contributed by atoms with Crippen LogP contribution < -0.4 is 5.32 Å². The van der Waals surface area contributed by atoms with Gasteiger partial charge in [-0.2, -0.15) is 0 Å². The number of carbonyl (C=O) groups is 2. The van der Waals surface area contributed by atoms with Crippen molar-refractivity contribution < 1.29 is 19.9 Å². The fraction of sp³-hybridized carbons (Fsp3) is 0.769. The quantitative estimate of drug-likeness (QED) is 0.388. The highest BCUT2D eigenvalue weighted by Crippen LogP contribution is 2.38. The Morgan fingerprint density at radius 3 is 2.53 bits per heavy atom. The highest BCUT2D eigenvalue weighted by atomic mass is 16.4. The zero-order chi connectivity index (χ0) is 14.3. The van der Waals surface area contributed by atoms with E-state index >= 15 is 0 Å². The van der Waals surface area contributed by atoms with Crippen LogP contribution in [0.1, 0.15) is 45.4 Å². The molecule has 1 unspecified atom stereocenters. The van der Waals surface area contributed by atoms with Gasteiger partial charge in [-0.3, -0.25) is 9.59 Å². The molecular weight excluding hydrogens is 248 g/mol. The standard InChI is InChI=1S/C13H22N2O4/c1-10(8-15-19)12(18)14-9-13(7-11(16)17)5-3-2-4-6-13/h8,10,19H,2-7,9H2,1H3,(H,14,18)(H,16,17)/b15-8+. The maximum Gasteiger partial charge on any atom is 0.303 e. The zero-order valence-electron chi connectivity index (χ0n) is 11.3. The molecule has 6 heteroatoms. The number of oxime groups is 1. The van der Waals surface area contributed by atoms with E-state index in [2.05, 4.69) is 10.5 Å². The first-order valence-electron chi connectivity index (χ1n) is 6.66. The lowest BCUT2D eigenvalue weighted by atomic mass is 9.71. The second kappa shape index (κ2) is 7.11. The number of aliphatic carboxylic acids is 1. The first-order chi connectivity index (χ1) is 8.99. The van der Waals surface area contributed by atoms with Crippen molar-refractivity contribution in [2.24, 2.45) is 16.5 Å². The molecule has 1 fully saturated rings. The van der Waals surface area contributed by atoms with Crippen LogP contribution in [0.4, 0.5) is 0 Å². The highest BCUT2D eigenvalue weighted by Gasteiger charge is 2.34.